The molecule has 1 aliphatic carbocycles. The minimum Gasteiger partial charge on any atom is -0.505 e. The highest BCUT2D eigenvalue weighted by Gasteiger charge is 2.28. The van der Waals surface area contributed by atoms with Crippen molar-refractivity contribution in [3.8, 4) is 5.75 Å². The molecule has 1 fully saturated rings. The number of aromatic hydroxyl groups is 1. The predicted octanol–water partition coefficient (Wildman–Crippen LogP) is 3.56. The van der Waals surface area contributed by atoms with Gasteiger partial charge in [-0.1, -0.05) is 17.9 Å². The zero-order chi connectivity index (χ0) is 20.7. The summed E-state index contributed by atoms with van der Waals surface area (Å²) in [6, 6.07) is -0.494. The Morgan fingerprint density at radius 2 is 2.11 bits per heavy atom. The van der Waals surface area contributed by atoms with Gasteiger partial charge in [0.05, 0.1) is 11.8 Å². The molecule has 0 radical (unpaired) electrons. The van der Waals surface area contributed by atoms with E-state index < -0.39 is 20.2 Å². The quantitative estimate of drug-likeness (QED) is 0.364. The number of pyridine rings is 1. The molecule has 2 rings (SSSR count). The first-order chi connectivity index (χ1) is 13.3. The van der Waals surface area contributed by atoms with E-state index in [-0.39, 0.29) is 24.5 Å². The molecule has 2 N–H and O–H groups in total. The van der Waals surface area contributed by atoms with Crippen molar-refractivity contribution in [2.45, 2.75) is 78.2 Å². The first-order valence-corrected chi connectivity index (χ1v) is 10.7. The Labute approximate surface area is 166 Å². The van der Waals surface area contributed by atoms with Crippen LogP contribution in [0, 0.1) is 6.92 Å². The lowest BCUT2D eigenvalue weighted by Gasteiger charge is -2.10. The summed E-state index contributed by atoms with van der Waals surface area (Å²) in [6.07, 6.45) is 7.41. The van der Waals surface area contributed by atoms with Gasteiger partial charge >= 0.3 is 14.1 Å². The summed E-state index contributed by atoms with van der Waals surface area (Å²) >= 11 is 0. The van der Waals surface area contributed by atoms with Crippen LogP contribution in [-0.2, 0) is 25.2 Å². The Kier molecular flexibility index (Phi) is 8.48. The number of nitrogens with one attached hydrogen (secondary N) is 1. The maximum Gasteiger partial charge on any atom is 0.614 e. The molecule has 154 valence electrons. The van der Waals surface area contributed by atoms with Crippen LogP contribution in [0.25, 0.3) is 0 Å². The second-order valence-electron chi connectivity index (χ2n) is 7.21. The average Bonchev–Trinajstić information content (AvgIpc) is 3.14. The Bertz CT molecular complexity index is 733. The van der Waals surface area contributed by atoms with Crippen LogP contribution in [-0.4, -0.2) is 40.5 Å². The van der Waals surface area contributed by atoms with Crippen LogP contribution < -0.4 is 5.09 Å². The SMILES string of the molecule is Cc1ncc(CO[P+](=O)N[C@@H](C)C(=O)OC(C)C)c(C=NC2CCCC2)c1O. The largest absolute Gasteiger partial charge is 0.614 e. The molecule has 0 aliphatic heterocycles. The molecule has 0 amide bonds. The van der Waals surface area contributed by atoms with Gasteiger partial charge in [0.2, 0.25) is 0 Å². The summed E-state index contributed by atoms with van der Waals surface area (Å²) in [6.45, 7) is 6.71. The minimum absolute atomic E-state index is 0.0407. The molecule has 1 saturated carbocycles. The number of rotatable bonds is 9. The van der Waals surface area contributed by atoms with Crippen molar-refractivity contribution in [3.63, 3.8) is 0 Å². The topological polar surface area (TPSA) is 110 Å². The maximum atomic E-state index is 12.1. The summed E-state index contributed by atoms with van der Waals surface area (Å²) in [7, 11) is -2.30. The van der Waals surface area contributed by atoms with E-state index in [1.165, 1.54) is 12.8 Å². The second kappa shape index (κ2) is 10.6. The van der Waals surface area contributed by atoms with Crippen molar-refractivity contribution in [2.24, 2.45) is 4.99 Å². The molecule has 1 aromatic rings. The number of esters is 1. The molecule has 9 heteroatoms. The van der Waals surface area contributed by atoms with Crippen molar-refractivity contribution >= 4 is 20.4 Å². The van der Waals surface area contributed by atoms with E-state index in [0.29, 0.717) is 16.8 Å². The van der Waals surface area contributed by atoms with Crippen molar-refractivity contribution in [1.29, 1.82) is 0 Å². The fourth-order valence-electron chi connectivity index (χ4n) is 2.86. The summed E-state index contributed by atoms with van der Waals surface area (Å²) < 4.78 is 22.5. The molecular weight excluding hydrogens is 381 g/mol. The third-order valence-corrected chi connectivity index (χ3v) is 5.40. The molecule has 0 spiro atoms. The van der Waals surface area contributed by atoms with E-state index in [0.717, 1.165) is 12.8 Å². The van der Waals surface area contributed by atoms with E-state index in [1.54, 1.807) is 40.1 Å². The van der Waals surface area contributed by atoms with Gasteiger partial charge in [-0.15, -0.1) is 4.52 Å². The number of carbonyl (C=O) groups excluding carboxylic acids is 1. The average molecular weight is 410 g/mol. The molecular formula is C19H29N3O5P+. The van der Waals surface area contributed by atoms with Gasteiger partial charge < -0.3 is 9.84 Å². The van der Waals surface area contributed by atoms with E-state index in [9.17, 15) is 14.5 Å². The molecule has 0 aromatic carbocycles. The summed E-state index contributed by atoms with van der Waals surface area (Å²) in [5.74, 6) is -0.458. The second-order valence-corrected chi connectivity index (χ2v) is 8.25. The maximum absolute atomic E-state index is 12.1. The highest BCUT2D eigenvalue weighted by molar-refractivity contribution is 7.36. The summed E-state index contributed by atoms with van der Waals surface area (Å²) in [5.41, 5.74) is 1.59. The van der Waals surface area contributed by atoms with Crippen LogP contribution >= 0.6 is 8.18 Å². The molecule has 1 aliphatic rings. The molecule has 0 bridgehead atoms. The van der Waals surface area contributed by atoms with Gasteiger partial charge in [-0.05, 0) is 45.1 Å². The van der Waals surface area contributed by atoms with Crippen LogP contribution in [0.1, 0.15) is 63.3 Å². The number of aryl methyl sites for hydroxylation is 1. The molecule has 1 heterocycles. The first-order valence-electron chi connectivity index (χ1n) is 9.55. The number of hydrogen-bond donors (Lipinski definition) is 2. The molecule has 1 aromatic heterocycles. The molecule has 0 saturated heterocycles. The lowest BCUT2D eigenvalue weighted by Crippen LogP contribution is -2.32. The van der Waals surface area contributed by atoms with Crippen molar-refractivity contribution in [1.82, 2.24) is 10.1 Å². The van der Waals surface area contributed by atoms with Crippen LogP contribution in [0.15, 0.2) is 11.2 Å². The van der Waals surface area contributed by atoms with Crippen LogP contribution in [0.3, 0.4) is 0 Å². The van der Waals surface area contributed by atoms with Crippen LogP contribution in [0.4, 0.5) is 0 Å². The third-order valence-electron chi connectivity index (χ3n) is 4.44. The zero-order valence-corrected chi connectivity index (χ0v) is 17.7. The smallest absolute Gasteiger partial charge is 0.505 e. The van der Waals surface area contributed by atoms with Gasteiger partial charge in [-0.3, -0.25) is 14.8 Å². The number of aromatic nitrogens is 1. The van der Waals surface area contributed by atoms with Gasteiger partial charge in [0, 0.05) is 29.6 Å². The van der Waals surface area contributed by atoms with E-state index in [2.05, 4.69) is 15.1 Å². The number of nitrogens with zero attached hydrogens (tertiary/aromatic N) is 2. The standard InChI is InChI=1S/C19H28N3O5P/c1-12(2)27-19(24)14(4)22-28(25)26-11-15-9-20-13(3)18(23)17(15)10-21-16-7-5-6-8-16/h9-10,12,14,16H,5-8,11H2,1-4H3,(H-,21,22,23,25)/p+1/t14-/m0/s1. The van der Waals surface area contributed by atoms with Crippen molar-refractivity contribution in [2.75, 3.05) is 0 Å². The van der Waals surface area contributed by atoms with Crippen LogP contribution in [0.2, 0.25) is 0 Å². The van der Waals surface area contributed by atoms with Gasteiger partial charge in [0.25, 0.3) is 0 Å². The van der Waals surface area contributed by atoms with Gasteiger partial charge in [0.1, 0.15) is 18.4 Å². The third kappa shape index (κ3) is 6.62. The monoisotopic (exact) mass is 410 g/mol. The highest BCUT2D eigenvalue weighted by atomic mass is 31.1. The molecule has 28 heavy (non-hydrogen) atoms. The molecule has 8 nitrogen and oxygen atoms in total. The lowest BCUT2D eigenvalue weighted by atomic mass is 10.1. The predicted molar refractivity (Wildman–Crippen MR) is 107 cm³/mol. The van der Waals surface area contributed by atoms with Crippen LogP contribution in [0.5, 0.6) is 5.75 Å². The Balaban J connectivity index is 2.00. The number of carbonyl (C=O) groups is 1. The van der Waals surface area contributed by atoms with Gasteiger partial charge in [0.15, 0.2) is 0 Å². The minimum atomic E-state index is -2.30. The van der Waals surface area contributed by atoms with Gasteiger partial charge in [-0.2, -0.15) is 0 Å². The Morgan fingerprint density at radius 1 is 1.43 bits per heavy atom. The van der Waals surface area contributed by atoms with Crippen molar-refractivity contribution in [3.05, 3.63) is 23.0 Å². The van der Waals surface area contributed by atoms with Gasteiger partial charge in [-0.25, -0.2) is 0 Å². The fourth-order valence-corrected chi connectivity index (χ4v) is 3.61. The number of hydrogen-bond acceptors (Lipinski definition) is 7. The Morgan fingerprint density at radius 3 is 2.75 bits per heavy atom. The summed E-state index contributed by atoms with van der Waals surface area (Å²) in [5, 5.41) is 12.9. The Hall–Kier alpha value is -1.89. The summed E-state index contributed by atoms with van der Waals surface area (Å²) in [4.78, 5) is 20.5. The molecule has 2 atom stereocenters. The highest BCUT2D eigenvalue weighted by Crippen LogP contribution is 2.27. The van der Waals surface area contributed by atoms with Crippen molar-refractivity contribution < 1.29 is 23.7 Å². The normalized spacial score (nSPS) is 16.7. The fraction of sp³-hybridized carbons (Fsp3) is 0.632. The lowest BCUT2D eigenvalue weighted by molar-refractivity contribution is -0.149. The zero-order valence-electron chi connectivity index (χ0n) is 16.8. The van der Waals surface area contributed by atoms with E-state index in [1.807, 2.05) is 0 Å². The molecule has 1 unspecified atom stereocenters. The number of ether oxygens (including phenoxy) is 1. The first kappa shape index (κ1) is 22.4. The van der Waals surface area contributed by atoms with E-state index >= 15 is 0 Å². The van der Waals surface area contributed by atoms with E-state index in [4.69, 9.17) is 9.26 Å². The number of aliphatic imine (C=N–C) groups is 1.